The molecule has 2 unspecified atom stereocenters. The van der Waals surface area contributed by atoms with Crippen molar-refractivity contribution < 1.29 is 0 Å². The van der Waals surface area contributed by atoms with E-state index in [4.69, 9.17) is 0 Å². The average Bonchev–Trinajstić information content (AvgIpc) is 2.42. The van der Waals surface area contributed by atoms with Crippen molar-refractivity contribution in [2.45, 2.75) is 52.3 Å². The van der Waals surface area contributed by atoms with Crippen molar-refractivity contribution in [1.82, 2.24) is 9.80 Å². The highest BCUT2D eigenvalue weighted by Crippen LogP contribution is 2.28. The van der Waals surface area contributed by atoms with Gasteiger partial charge >= 0.3 is 0 Å². The van der Waals surface area contributed by atoms with Gasteiger partial charge in [0, 0.05) is 32.2 Å². The van der Waals surface area contributed by atoms with Gasteiger partial charge in [-0.15, -0.1) is 0 Å². The lowest BCUT2D eigenvalue weighted by Crippen LogP contribution is -2.52. The molecule has 17 heavy (non-hydrogen) atoms. The number of rotatable bonds is 2. The Bertz CT molecular complexity index is 191. The Labute approximate surface area is 109 Å². The molecule has 2 atom stereocenters. The van der Waals surface area contributed by atoms with Gasteiger partial charge < -0.3 is 4.90 Å². The second-order valence-electron chi connectivity index (χ2n) is 5.18. The standard InChI is InChI=1S/C12H24BN2.C2H6/c1-3-11-10-13-5-4-12(11)15-8-6-14(2)7-9-15;1-2/h11-12H,3-10H2,1-2H3;1-2H3. The number of piperazine rings is 1. The summed E-state index contributed by atoms with van der Waals surface area (Å²) in [6, 6.07) is 0.883. The summed E-state index contributed by atoms with van der Waals surface area (Å²) in [6.07, 6.45) is 5.46. The Balaban J connectivity index is 0.000000686. The zero-order valence-corrected chi connectivity index (χ0v) is 12.3. The van der Waals surface area contributed by atoms with Crippen LogP contribution >= 0.6 is 0 Å². The Kier molecular flexibility index (Phi) is 7.21. The molecule has 2 aliphatic heterocycles. The molecule has 2 rings (SSSR count). The van der Waals surface area contributed by atoms with Gasteiger partial charge in [0.05, 0.1) is 0 Å². The lowest BCUT2D eigenvalue weighted by molar-refractivity contribution is 0.0779. The van der Waals surface area contributed by atoms with Crippen molar-refractivity contribution in [3.63, 3.8) is 0 Å². The molecule has 3 heteroatoms. The van der Waals surface area contributed by atoms with Crippen molar-refractivity contribution in [3.05, 3.63) is 0 Å². The van der Waals surface area contributed by atoms with Gasteiger partial charge in [-0.3, -0.25) is 4.90 Å². The van der Waals surface area contributed by atoms with Crippen LogP contribution in [-0.4, -0.2) is 56.3 Å². The van der Waals surface area contributed by atoms with E-state index in [1.165, 1.54) is 51.7 Å². The summed E-state index contributed by atoms with van der Waals surface area (Å²) < 4.78 is 0. The predicted octanol–water partition coefficient (Wildman–Crippen LogP) is 2.60. The van der Waals surface area contributed by atoms with Gasteiger partial charge in [0.2, 0.25) is 0 Å². The van der Waals surface area contributed by atoms with Crippen LogP contribution in [0.1, 0.15) is 33.6 Å². The zero-order chi connectivity index (χ0) is 12.7. The second-order valence-corrected chi connectivity index (χ2v) is 5.18. The molecule has 0 aromatic heterocycles. The van der Waals surface area contributed by atoms with Gasteiger partial charge in [0.15, 0.2) is 0 Å². The van der Waals surface area contributed by atoms with E-state index in [9.17, 15) is 0 Å². The fourth-order valence-corrected chi connectivity index (χ4v) is 3.09. The van der Waals surface area contributed by atoms with E-state index in [-0.39, 0.29) is 0 Å². The van der Waals surface area contributed by atoms with Crippen LogP contribution in [0.5, 0.6) is 0 Å². The third kappa shape index (κ3) is 4.29. The SMILES string of the molecule is CC.CCC1C[B]CCC1N1CCN(C)CC1. The molecule has 0 amide bonds. The molecule has 0 N–H and O–H groups in total. The first-order chi connectivity index (χ1) is 8.31. The quantitative estimate of drug-likeness (QED) is 0.681. The summed E-state index contributed by atoms with van der Waals surface area (Å²) in [6.45, 7) is 11.5. The smallest absolute Gasteiger partial charge is 0.109 e. The second kappa shape index (κ2) is 8.15. The Morgan fingerprint density at radius 2 is 1.76 bits per heavy atom. The Morgan fingerprint density at radius 1 is 1.12 bits per heavy atom. The molecule has 0 aromatic rings. The molecule has 0 bridgehead atoms. The van der Waals surface area contributed by atoms with E-state index in [0.717, 1.165) is 12.0 Å². The van der Waals surface area contributed by atoms with E-state index >= 15 is 0 Å². The van der Waals surface area contributed by atoms with Gasteiger partial charge in [0.1, 0.15) is 7.28 Å². The van der Waals surface area contributed by atoms with Crippen LogP contribution in [0.4, 0.5) is 0 Å². The summed E-state index contributed by atoms with van der Waals surface area (Å²) >= 11 is 0. The van der Waals surface area contributed by atoms with Crippen LogP contribution in [-0.2, 0) is 0 Å². The summed E-state index contributed by atoms with van der Waals surface area (Å²) in [5.41, 5.74) is 0. The van der Waals surface area contributed by atoms with Crippen molar-refractivity contribution in [3.8, 4) is 0 Å². The monoisotopic (exact) mass is 237 g/mol. The highest BCUT2D eigenvalue weighted by molar-refractivity contribution is 6.35. The molecule has 2 nitrogen and oxygen atoms in total. The summed E-state index contributed by atoms with van der Waals surface area (Å²) in [4.78, 5) is 5.20. The van der Waals surface area contributed by atoms with Crippen LogP contribution in [0, 0.1) is 5.92 Å². The van der Waals surface area contributed by atoms with Crippen molar-refractivity contribution in [1.29, 1.82) is 0 Å². The van der Waals surface area contributed by atoms with Crippen LogP contribution in [0.25, 0.3) is 0 Å². The van der Waals surface area contributed by atoms with Crippen molar-refractivity contribution in [2.75, 3.05) is 33.2 Å². The van der Waals surface area contributed by atoms with E-state index in [2.05, 4.69) is 31.1 Å². The molecule has 2 heterocycles. The summed E-state index contributed by atoms with van der Waals surface area (Å²) in [5.74, 6) is 0.933. The molecule has 1 radical (unpaired) electrons. The predicted molar refractivity (Wildman–Crippen MR) is 78.0 cm³/mol. The highest BCUT2D eigenvalue weighted by Gasteiger charge is 2.30. The molecule has 99 valence electrons. The largest absolute Gasteiger partial charge is 0.304 e. The first-order valence-corrected chi connectivity index (χ1v) is 7.55. The Hall–Kier alpha value is -0.0151. The minimum Gasteiger partial charge on any atom is -0.304 e. The minimum atomic E-state index is 0.883. The molecule has 0 saturated carbocycles. The molecule has 0 aliphatic carbocycles. The number of likely N-dealkylation sites (N-methyl/N-ethyl adjacent to an activating group) is 1. The minimum absolute atomic E-state index is 0.883. The molecular formula is C14H30BN2. The van der Waals surface area contributed by atoms with Gasteiger partial charge in [-0.2, -0.15) is 0 Å². The van der Waals surface area contributed by atoms with Gasteiger partial charge in [0.25, 0.3) is 0 Å². The van der Waals surface area contributed by atoms with E-state index in [0.29, 0.717) is 0 Å². The lowest BCUT2D eigenvalue weighted by atomic mass is 9.58. The topological polar surface area (TPSA) is 6.48 Å². The fraction of sp³-hybridized carbons (Fsp3) is 1.00. The normalized spacial score (nSPS) is 31.3. The van der Waals surface area contributed by atoms with Crippen LogP contribution in [0.3, 0.4) is 0 Å². The summed E-state index contributed by atoms with van der Waals surface area (Å²) in [5, 5.41) is 0. The maximum absolute atomic E-state index is 2.75. The zero-order valence-electron chi connectivity index (χ0n) is 12.3. The number of hydrogen-bond donors (Lipinski definition) is 0. The highest BCUT2D eigenvalue weighted by atomic mass is 15.3. The molecule has 0 spiro atoms. The maximum atomic E-state index is 2.75. The van der Waals surface area contributed by atoms with Crippen molar-refractivity contribution in [2.24, 2.45) is 5.92 Å². The average molecular weight is 237 g/mol. The number of hydrogen-bond acceptors (Lipinski definition) is 2. The first kappa shape index (κ1) is 15.0. The summed E-state index contributed by atoms with van der Waals surface area (Å²) in [7, 11) is 4.74. The third-order valence-electron chi connectivity index (χ3n) is 4.21. The van der Waals surface area contributed by atoms with Gasteiger partial charge in [-0.1, -0.05) is 39.8 Å². The van der Waals surface area contributed by atoms with Crippen molar-refractivity contribution >= 4 is 7.28 Å². The van der Waals surface area contributed by atoms with Crippen LogP contribution < -0.4 is 0 Å². The van der Waals surface area contributed by atoms with E-state index in [1.54, 1.807) is 0 Å². The lowest BCUT2D eigenvalue weighted by Gasteiger charge is -2.43. The van der Waals surface area contributed by atoms with Crippen LogP contribution in [0.15, 0.2) is 0 Å². The maximum Gasteiger partial charge on any atom is 0.109 e. The van der Waals surface area contributed by atoms with E-state index < -0.39 is 0 Å². The molecular weight excluding hydrogens is 207 g/mol. The molecule has 2 saturated heterocycles. The van der Waals surface area contributed by atoms with Crippen LogP contribution in [0.2, 0.25) is 12.6 Å². The van der Waals surface area contributed by atoms with Gasteiger partial charge in [-0.25, -0.2) is 0 Å². The number of nitrogens with zero attached hydrogens (tertiary/aromatic N) is 2. The molecule has 0 aromatic carbocycles. The third-order valence-corrected chi connectivity index (χ3v) is 4.21. The Morgan fingerprint density at radius 3 is 2.35 bits per heavy atom. The molecule has 2 fully saturated rings. The first-order valence-electron chi connectivity index (χ1n) is 7.55. The van der Waals surface area contributed by atoms with E-state index in [1.807, 2.05) is 13.8 Å². The van der Waals surface area contributed by atoms with Gasteiger partial charge in [-0.05, 0) is 19.4 Å². The molecule has 2 aliphatic rings. The fourth-order valence-electron chi connectivity index (χ4n) is 3.09.